The topological polar surface area (TPSA) is 95.6 Å². The minimum Gasteiger partial charge on any atom is -0.357 e. The number of fused-ring (bicyclic) bond motifs is 1. The van der Waals surface area contributed by atoms with Crippen LogP contribution in [0.1, 0.15) is 27.7 Å². The number of aromatic amines is 1. The molecule has 0 aliphatic rings. The zero-order chi connectivity index (χ0) is 14.0. The maximum Gasteiger partial charge on any atom is 0.242 e. The van der Waals surface area contributed by atoms with Gasteiger partial charge in [-0.1, -0.05) is 0 Å². The first-order chi connectivity index (χ1) is 8.87. The van der Waals surface area contributed by atoms with Crippen molar-refractivity contribution in [2.45, 2.75) is 39.3 Å². The van der Waals surface area contributed by atoms with E-state index in [1.807, 2.05) is 20.8 Å². The van der Waals surface area contributed by atoms with E-state index in [-0.39, 0.29) is 11.4 Å². The first-order valence-electron chi connectivity index (χ1n) is 6.09. The van der Waals surface area contributed by atoms with E-state index in [2.05, 4.69) is 30.6 Å². The van der Waals surface area contributed by atoms with Crippen molar-refractivity contribution in [2.24, 2.45) is 0 Å². The third kappa shape index (κ3) is 3.18. The molecule has 0 aliphatic heterocycles. The highest BCUT2D eigenvalue weighted by molar-refractivity contribution is 5.88. The second kappa shape index (κ2) is 4.83. The van der Waals surface area contributed by atoms with Gasteiger partial charge in [-0.2, -0.15) is 0 Å². The average molecular weight is 262 g/mol. The molecule has 7 heteroatoms. The third-order valence-electron chi connectivity index (χ3n) is 2.47. The molecule has 19 heavy (non-hydrogen) atoms. The van der Waals surface area contributed by atoms with E-state index in [0.717, 1.165) is 0 Å². The summed E-state index contributed by atoms with van der Waals surface area (Å²) < 4.78 is 0. The van der Waals surface area contributed by atoms with Crippen LogP contribution in [0.25, 0.3) is 11.2 Å². The van der Waals surface area contributed by atoms with Crippen molar-refractivity contribution in [3.8, 4) is 0 Å². The second-order valence-corrected chi connectivity index (χ2v) is 5.43. The van der Waals surface area contributed by atoms with Crippen LogP contribution in [0, 0.1) is 0 Å². The lowest BCUT2D eigenvalue weighted by molar-refractivity contribution is -0.122. The summed E-state index contributed by atoms with van der Waals surface area (Å²) in [5, 5.41) is 5.97. The minimum absolute atomic E-state index is 0.0845. The van der Waals surface area contributed by atoms with Gasteiger partial charge in [-0.05, 0) is 27.7 Å². The number of imidazole rings is 1. The molecule has 2 aromatic heterocycles. The van der Waals surface area contributed by atoms with Gasteiger partial charge in [-0.3, -0.25) is 4.79 Å². The molecule has 7 nitrogen and oxygen atoms in total. The van der Waals surface area contributed by atoms with Crippen molar-refractivity contribution in [3.63, 3.8) is 0 Å². The lowest BCUT2D eigenvalue weighted by Gasteiger charge is -2.23. The number of aromatic nitrogens is 4. The maximum absolute atomic E-state index is 12.0. The Hall–Kier alpha value is -2.18. The number of nitrogens with one attached hydrogen (secondary N) is 3. The Morgan fingerprint density at radius 3 is 2.74 bits per heavy atom. The van der Waals surface area contributed by atoms with Crippen molar-refractivity contribution < 1.29 is 4.79 Å². The molecule has 1 amide bonds. The van der Waals surface area contributed by atoms with Gasteiger partial charge in [0.25, 0.3) is 0 Å². The van der Waals surface area contributed by atoms with E-state index >= 15 is 0 Å². The molecule has 0 saturated carbocycles. The number of anilines is 1. The third-order valence-corrected chi connectivity index (χ3v) is 2.47. The Bertz CT molecular complexity index is 585. The summed E-state index contributed by atoms with van der Waals surface area (Å²) in [5.41, 5.74) is 1.00. The van der Waals surface area contributed by atoms with Gasteiger partial charge in [0.15, 0.2) is 11.5 Å². The molecule has 0 spiro atoms. The van der Waals surface area contributed by atoms with Crippen molar-refractivity contribution in [1.29, 1.82) is 0 Å². The van der Waals surface area contributed by atoms with E-state index < -0.39 is 6.04 Å². The Labute approximate surface area is 111 Å². The van der Waals surface area contributed by atoms with E-state index in [4.69, 9.17) is 0 Å². The molecule has 1 unspecified atom stereocenters. The zero-order valence-corrected chi connectivity index (χ0v) is 11.5. The molecule has 0 bridgehead atoms. The van der Waals surface area contributed by atoms with Gasteiger partial charge in [0.2, 0.25) is 5.91 Å². The first kappa shape index (κ1) is 13.3. The van der Waals surface area contributed by atoms with Crippen molar-refractivity contribution in [2.75, 3.05) is 5.32 Å². The van der Waals surface area contributed by atoms with E-state index in [0.29, 0.717) is 17.0 Å². The number of hydrogen-bond donors (Lipinski definition) is 3. The fourth-order valence-corrected chi connectivity index (χ4v) is 1.62. The van der Waals surface area contributed by atoms with Crippen LogP contribution < -0.4 is 10.6 Å². The zero-order valence-electron chi connectivity index (χ0n) is 11.5. The summed E-state index contributed by atoms with van der Waals surface area (Å²) in [6.45, 7) is 7.60. The van der Waals surface area contributed by atoms with E-state index in [1.165, 1.54) is 6.33 Å². The van der Waals surface area contributed by atoms with Gasteiger partial charge >= 0.3 is 0 Å². The van der Waals surface area contributed by atoms with Crippen LogP contribution in [0.5, 0.6) is 0 Å². The van der Waals surface area contributed by atoms with Crippen LogP contribution in [0.2, 0.25) is 0 Å². The fourth-order valence-electron chi connectivity index (χ4n) is 1.62. The van der Waals surface area contributed by atoms with Crippen LogP contribution in [0.4, 0.5) is 5.82 Å². The average Bonchev–Trinajstić information content (AvgIpc) is 2.75. The summed E-state index contributed by atoms with van der Waals surface area (Å²) in [6.07, 6.45) is 2.96. The highest BCUT2D eigenvalue weighted by atomic mass is 16.2. The molecular weight excluding hydrogens is 244 g/mol. The van der Waals surface area contributed by atoms with Gasteiger partial charge in [0.05, 0.1) is 6.33 Å². The molecule has 0 radical (unpaired) electrons. The summed E-state index contributed by atoms with van der Waals surface area (Å²) in [7, 11) is 0. The van der Waals surface area contributed by atoms with E-state index in [1.54, 1.807) is 13.3 Å². The van der Waals surface area contributed by atoms with Gasteiger partial charge < -0.3 is 15.6 Å². The molecule has 3 N–H and O–H groups in total. The number of H-pyrrole nitrogens is 1. The maximum atomic E-state index is 12.0. The molecule has 0 fully saturated rings. The highest BCUT2D eigenvalue weighted by Crippen LogP contribution is 2.15. The Morgan fingerprint density at radius 2 is 2.05 bits per heavy atom. The summed E-state index contributed by atoms with van der Waals surface area (Å²) in [6, 6.07) is -0.402. The largest absolute Gasteiger partial charge is 0.357 e. The van der Waals surface area contributed by atoms with Crippen molar-refractivity contribution in [3.05, 3.63) is 12.7 Å². The van der Waals surface area contributed by atoms with Gasteiger partial charge in [0, 0.05) is 5.54 Å². The predicted octanol–water partition coefficient (Wildman–Crippen LogP) is 1.07. The molecule has 1 atom stereocenters. The molecule has 2 aromatic rings. The molecule has 2 rings (SSSR count). The Kier molecular flexibility index (Phi) is 3.37. The Morgan fingerprint density at radius 1 is 1.32 bits per heavy atom. The van der Waals surface area contributed by atoms with E-state index in [9.17, 15) is 4.79 Å². The first-order valence-corrected chi connectivity index (χ1v) is 6.09. The standard InChI is InChI=1S/C12H18N6O/c1-7(11(19)18-12(2,3)4)17-10-8-9(14-5-13-8)15-6-16-10/h5-7H,1-4H3,(H,18,19)(H2,13,14,15,16,17). The summed E-state index contributed by atoms with van der Waals surface area (Å²) >= 11 is 0. The summed E-state index contributed by atoms with van der Waals surface area (Å²) in [4.78, 5) is 27.1. The smallest absolute Gasteiger partial charge is 0.242 e. The molecule has 0 saturated heterocycles. The predicted molar refractivity (Wildman–Crippen MR) is 72.7 cm³/mol. The normalized spacial score (nSPS) is 13.3. The molecule has 102 valence electrons. The number of nitrogens with zero attached hydrogens (tertiary/aromatic N) is 3. The van der Waals surface area contributed by atoms with Crippen LogP contribution in [-0.2, 0) is 4.79 Å². The molecule has 0 aromatic carbocycles. The van der Waals surface area contributed by atoms with Crippen LogP contribution in [0.3, 0.4) is 0 Å². The number of hydrogen-bond acceptors (Lipinski definition) is 5. The number of carbonyl (C=O) groups excluding carboxylic acids is 1. The minimum atomic E-state index is -0.402. The molecule has 0 aliphatic carbocycles. The summed E-state index contributed by atoms with van der Waals surface area (Å²) in [5.74, 6) is 0.484. The second-order valence-electron chi connectivity index (χ2n) is 5.43. The van der Waals surface area contributed by atoms with Gasteiger partial charge in [-0.25, -0.2) is 15.0 Å². The quantitative estimate of drug-likeness (QED) is 0.769. The number of carbonyl (C=O) groups is 1. The molecule has 2 heterocycles. The van der Waals surface area contributed by atoms with Gasteiger partial charge in [0.1, 0.15) is 17.9 Å². The number of rotatable bonds is 3. The van der Waals surface area contributed by atoms with Crippen LogP contribution >= 0.6 is 0 Å². The van der Waals surface area contributed by atoms with Crippen LogP contribution in [0.15, 0.2) is 12.7 Å². The monoisotopic (exact) mass is 262 g/mol. The van der Waals surface area contributed by atoms with Crippen molar-refractivity contribution in [1.82, 2.24) is 25.3 Å². The number of amides is 1. The highest BCUT2D eigenvalue weighted by Gasteiger charge is 2.20. The van der Waals surface area contributed by atoms with Crippen LogP contribution in [-0.4, -0.2) is 37.4 Å². The lowest BCUT2D eigenvalue weighted by Crippen LogP contribution is -2.47. The molecular formula is C12H18N6O. The SMILES string of the molecule is CC(Nc1ncnc2nc[nH]c12)C(=O)NC(C)(C)C. The van der Waals surface area contributed by atoms with Crippen molar-refractivity contribution >= 4 is 22.9 Å². The fraction of sp³-hybridized carbons (Fsp3) is 0.500. The lowest BCUT2D eigenvalue weighted by atomic mass is 10.1. The van der Waals surface area contributed by atoms with Gasteiger partial charge in [-0.15, -0.1) is 0 Å². The Balaban J connectivity index is 2.12.